The fourth-order valence-corrected chi connectivity index (χ4v) is 4.10. The van der Waals surface area contributed by atoms with Crippen molar-refractivity contribution in [1.82, 2.24) is 4.98 Å². The van der Waals surface area contributed by atoms with Crippen LogP contribution in [0, 0.1) is 26.6 Å². The van der Waals surface area contributed by atoms with Gasteiger partial charge in [-0.15, -0.1) is 11.3 Å². The monoisotopic (exact) mass is 448 g/mol. The number of benzene rings is 2. The van der Waals surface area contributed by atoms with Crippen LogP contribution in [0.5, 0.6) is 5.75 Å². The molecule has 0 bridgehead atoms. The Balaban J connectivity index is 1.66. The quantitative estimate of drug-likeness (QED) is 0.548. The Morgan fingerprint density at radius 3 is 2.59 bits per heavy atom. The lowest BCUT2D eigenvalue weighted by Gasteiger charge is -2.09. The highest BCUT2D eigenvalue weighted by atomic mass is 79.9. The van der Waals surface area contributed by atoms with Crippen LogP contribution in [-0.4, -0.2) is 17.5 Å². The summed E-state index contributed by atoms with van der Waals surface area (Å²) >= 11 is 4.57. The van der Waals surface area contributed by atoms with Crippen LogP contribution in [0.4, 0.5) is 9.52 Å². The predicted octanol–water partition coefficient (Wildman–Crippen LogP) is 5.65. The Hall–Kier alpha value is -2.25. The van der Waals surface area contributed by atoms with E-state index in [9.17, 15) is 9.18 Å². The number of carbonyl (C=O) groups is 1. The summed E-state index contributed by atoms with van der Waals surface area (Å²) in [6.45, 7) is 5.99. The summed E-state index contributed by atoms with van der Waals surface area (Å²) < 4.78 is 19.0. The third-order valence-electron chi connectivity index (χ3n) is 3.94. The van der Waals surface area contributed by atoms with Crippen molar-refractivity contribution < 1.29 is 13.9 Å². The van der Waals surface area contributed by atoms with E-state index in [4.69, 9.17) is 4.74 Å². The van der Waals surface area contributed by atoms with E-state index < -0.39 is 0 Å². The molecule has 1 amide bonds. The molecule has 7 heteroatoms. The van der Waals surface area contributed by atoms with Gasteiger partial charge in [0.05, 0.1) is 10.2 Å². The molecular weight excluding hydrogens is 431 g/mol. The maximum absolute atomic E-state index is 13.1. The SMILES string of the molecule is Cc1cc(C)c(-c2csc(NC(=O)COc3ccc(F)cc3Br)n2)c(C)c1. The molecule has 0 aliphatic heterocycles. The van der Waals surface area contributed by atoms with E-state index in [2.05, 4.69) is 59.1 Å². The number of hydrogen-bond donors (Lipinski definition) is 1. The number of nitrogens with one attached hydrogen (secondary N) is 1. The van der Waals surface area contributed by atoms with E-state index in [0.717, 1.165) is 22.4 Å². The summed E-state index contributed by atoms with van der Waals surface area (Å²) in [6, 6.07) is 8.27. The van der Waals surface area contributed by atoms with Crippen LogP contribution in [0.2, 0.25) is 0 Å². The lowest BCUT2D eigenvalue weighted by molar-refractivity contribution is -0.118. The molecule has 0 saturated carbocycles. The topological polar surface area (TPSA) is 51.2 Å². The maximum atomic E-state index is 13.1. The first-order chi connectivity index (χ1) is 12.8. The molecule has 0 unspecified atom stereocenters. The first kappa shape index (κ1) is 19.5. The molecule has 1 N–H and O–H groups in total. The van der Waals surface area contributed by atoms with Gasteiger partial charge in [0.2, 0.25) is 0 Å². The van der Waals surface area contributed by atoms with E-state index in [1.165, 1.54) is 35.1 Å². The largest absolute Gasteiger partial charge is 0.483 e. The summed E-state index contributed by atoms with van der Waals surface area (Å²) in [5.41, 5.74) is 5.44. The minimum atomic E-state index is -0.379. The normalized spacial score (nSPS) is 10.7. The van der Waals surface area contributed by atoms with Gasteiger partial charge in [-0.25, -0.2) is 9.37 Å². The highest BCUT2D eigenvalue weighted by Crippen LogP contribution is 2.31. The first-order valence-corrected chi connectivity index (χ1v) is 9.92. The van der Waals surface area contributed by atoms with Crippen LogP contribution < -0.4 is 10.1 Å². The number of halogens is 2. The van der Waals surface area contributed by atoms with E-state index in [-0.39, 0.29) is 18.3 Å². The molecule has 2 aromatic carbocycles. The Morgan fingerprint density at radius 1 is 1.22 bits per heavy atom. The van der Waals surface area contributed by atoms with Crippen LogP contribution in [0.1, 0.15) is 16.7 Å². The number of anilines is 1. The Morgan fingerprint density at radius 2 is 1.93 bits per heavy atom. The third-order valence-corrected chi connectivity index (χ3v) is 5.31. The van der Waals surface area contributed by atoms with Gasteiger partial charge in [-0.1, -0.05) is 17.7 Å². The van der Waals surface area contributed by atoms with Crippen LogP contribution in [0.25, 0.3) is 11.3 Å². The lowest BCUT2D eigenvalue weighted by atomic mass is 9.98. The first-order valence-electron chi connectivity index (χ1n) is 8.25. The minimum Gasteiger partial charge on any atom is -0.483 e. The molecule has 140 valence electrons. The summed E-state index contributed by atoms with van der Waals surface area (Å²) in [5, 5.41) is 5.18. The molecule has 0 aliphatic carbocycles. The van der Waals surface area contributed by atoms with Gasteiger partial charge in [0, 0.05) is 10.9 Å². The third kappa shape index (κ3) is 4.73. The number of carbonyl (C=O) groups excluding carboxylic acids is 1. The van der Waals surface area contributed by atoms with Crippen molar-refractivity contribution in [3.05, 3.63) is 62.7 Å². The summed E-state index contributed by atoms with van der Waals surface area (Å²) in [5.74, 6) is -0.308. The molecule has 27 heavy (non-hydrogen) atoms. The number of amides is 1. The molecule has 0 atom stereocenters. The summed E-state index contributed by atoms with van der Waals surface area (Å²) in [6.07, 6.45) is 0. The van der Waals surface area contributed by atoms with Gasteiger partial charge < -0.3 is 4.74 Å². The average molecular weight is 449 g/mol. The maximum Gasteiger partial charge on any atom is 0.264 e. The van der Waals surface area contributed by atoms with Gasteiger partial charge in [-0.3, -0.25) is 10.1 Å². The van der Waals surface area contributed by atoms with Crippen molar-refractivity contribution in [2.75, 3.05) is 11.9 Å². The number of aromatic nitrogens is 1. The van der Waals surface area contributed by atoms with E-state index in [1.807, 2.05) is 5.38 Å². The number of nitrogens with zero attached hydrogens (tertiary/aromatic N) is 1. The molecule has 0 fully saturated rings. The van der Waals surface area contributed by atoms with Crippen molar-refractivity contribution >= 4 is 38.3 Å². The van der Waals surface area contributed by atoms with Crippen molar-refractivity contribution in [3.8, 4) is 17.0 Å². The Labute approximate surface area is 169 Å². The lowest BCUT2D eigenvalue weighted by Crippen LogP contribution is -2.20. The number of hydrogen-bond acceptors (Lipinski definition) is 4. The Bertz CT molecular complexity index is 980. The van der Waals surface area contributed by atoms with Crippen molar-refractivity contribution in [2.24, 2.45) is 0 Å². The number of rotatable bonds is 5. The average Bonchev–Trinajstić information content (AvgIpc) is 3.01. The molecular formula is C20H18BrFN2O2S. The molecule has 1 heterocycles. The number of ether oxygens (including phenoxy) is 1. The van der Waals surface area contributed by atoms with E-state index in [1.54, 1.807) is 0 Å². The fraction of sp³-hybridized carbons (Fsp3) is 0.200. The van der Waals surface area contributed by atoms with Gasteiger partial charge in [0.15, 0.2) is 11.7 Å². The van der Waals surface area contributed by atoms with Gasteiger partial charge >= 0.3 is 0 Å². The van der Waals surface area contributed by atoms with Crippen molar-refractivity contribution in [1.29, 1.82) is 0 Å². The molecule has 0 aliphatic rings. The van der Waals surface area contributed by atoms with Gasteiger partial charge in [-0.05, 0) is 66.0 Å². The minimum absolute atomic E-state index is 0.193. The molecule has 4 nitrogen and oxygen atoms in total. The number of aryl methyl sites for hydroxylation is 3. The van der Waals surface area contributed by atoms with Crippen LogP contribution in [0.15, 0.2) is 40.2 Å². The van der Waals surface area contributed by atoms with Crippen LogP contribution in [0.3, 0.4) is 0 Å². The van der Waals surface area contributed by atoms with Crippen LogP contribution in [-0.2, 0) is 4.79 Å². The second-order valence-corrected chi connectivity index (χ2v) is 7.94. The molecule has 3 aromatic rings. The number of thiazole rings is 1. The summed E-state index contributed by atoms with van der Waals surface area (Å²) in [7, 11) is 0. The van der Waals surface area contributed by atoms with Gasteiger partial charge in [0.1, 0.15) is 11.6 Å². The zero-order chi connectivity index (χ0) is 19.6. The van der Waals surface area contributed by atoms with E-state index in [0.29, 0.717) is 15.4 Å². The van der Waals surface area contributed by atoms with Gasteiger partial charge in [0.25, 0.3) is 5.91 Å². The standard InChI is InChI=1S/C20H18BrFN2O2S/c1-11-6-12(2)19(13(3)7-11)16-10-27-20(23-16)24-18(25)9-26-17-5-4-14(22)8-15(17)21/h4-8,10H,9H2,1-3H3,(H,23,24,25). The molecule has 1 aromatic heterocycles. The molecule has 3 rings (SSSR count). The summed E-state index contributed by atoms with van der Waals surface area (Å²) in [4.78, 5) is 16.7. The molecule has 0 saturated heterocycles. The highest BCUT2D eigenvalue weighted by Gasteiger charge is 2.13. The zero-order valence-electron chi connectivity index (χ0n) is 15.1. The Kier molecular flexibility index (Phi) is 5.92. The van der Waals surface area contributed by atoms with Gasteiger partial charge in [-0.2, -0.15) is 0 Å². The van der Waals surface area contributed by atoms with E-state index >= 15 is 0 Å². The fourth-order valence-electron chi connectivity index (χ4n) is 2.92. The van der Waals surface area contributed by atoms with Crippen molar-refractivity contribution in [3.63, 3.8) is 0 Å². The molecule has 0 radical (unpaired) electrons. The zero-order valence-corrected chi connectivity index (χ0v) is 17.5. The second-order valence-electron chi connectivity index (χ2n) is 6.22. The highest BCUT2D eigenvalue weighted by molar-refractivity contribution is 9.10. The van der Waals surface area contributed by atoms with Crippen LogP contribution >= 0.6 is 27.3 Å². The molecule has 0 spiro atoms. The predicted molar refractivity (Wildman–Crippen MR) is 110 cm³/mol. The second kappa shape index (κ2) is 8.19. The van der Waals surface area contributed by atoms with Crippen molar-refractivity contribution in [2.45, 2.75) is 20.8 Å². The smallest absolute Gasteiger partial charge is 0.264 e.